The van der Waals surface area contributed by atoms with Crippen molar-refractivity contribution in [2.75, 3.05) is 18.5 Å². The van der Waals surface area contributed by atoms with Crippen molar-refractivity contribution < 1.29 is 18.3 Å². The molecule has 5 nitrogen and oxygen atoms in total. The van der Waals surface area contributed by atoms with Crippen LogP contribution in [-0.4, -0.2) is 35.0 Å². The Balaban J connectivity index is 1.44. The molecule has 4 rings (SSSR count). The van der Waals surface area contributed by atoms with Crippen LogP contribution in [0.4, 0.5) is 14.7 Å². The molecule has 2 bridgehead atoms. The molecule has 25 heavy (non-hydrogen) atoms. The first-order valence-corrected chi connectivity index (χ1v) is 9.04. The van der Waals surface area contributed by atoms with Gasteiger partial charge in [-0.15, -0.1) is 0 Å². The van der Waals surface area contributed by atoms with Crippen molar-refractivity contribution in [2.24, 2.45) is 23.7 Å². The molecule has 1 amide bonds. The molecule has 0 aromatic carbocycles. The Morgan fingerprint density at radius 2 is 2.04 bits per heavy atom. The Bertz CT molecular complexity index is 666. The van der Waals surface area contributed by atoms with E-state index < -0.39 is 23.7 Å². The van der Waals surface area contributed by atoms with Crippen molar-refractivity contribution in [1.82, 2.24) is 9.97 Å². The summed E-state index contributed by atoms with van der Waals surface area (Å²) < 4.78 is 33.6. The molecule has 2 fully saturated rings. The first-order chi connectivity index (χ1) is 11.9. The molecule has 2 aliphatic carbocycles. The number of nitrogens with zero attached hydrogens (tertiary/aromatic N) is 2. The number of amides is 1. The van der Waals surface area contributed by atoms with E-state index in [1.165, 1.54) is 0 Å². The number of alkyl halides is 2. The van der Waals surface area contributed by atoms with E-state index in [9.17, 15) is 13.6 Å². The summed E-state index contributed by atoms with van der Waals surface area (Å²) >= 11 is 0. The van der Waals surface area contributed by atoms with Gasteiger partial charge in [0, 0.05) is 29.6 Å². The number of fused-ring (bicyclic) bond motifs is 3. The lowest BCUT2D eigenvalue weighted by Crippen LogP contribution is -2.52. The highest BCUT2D eigenvalue weighted by atomic mass is 19.3. The second-order valence-corrected chi connectivity index (χ2v) is 7.78. The van der Waals surface area contributed by atoms with Crippen molar-refractivity contribution in [3.05, 3.63) is 17.5 Å². The minimum Gasteiger partial charge on any atom is -0.380 e. The fourth-order valence-electron chi connectivity index (χ4n) is 4.32. The van der Waals surface area contributed by atoms with Gasteiger partial charge in [-0.3, -0.25) is 10.1 Å². The SMILES string of the molecule is CC1CCc2nc(NC(=O)C3CC4COCC(C3)C4(F)F)ncc2C1. The number of rotatable bonds is 2. The van der Waals surface area contributed by atoms with Gasteiger partial charge in [0.15, 0.2) is 0 Å². The van der Waals surface area contributed by atoms with E-state index >= 15 is 0 Å². The molecule has 1 saturated carbocycles. The van der Waals surface area contributed by atoms with Gasteiger partial charge < -0.3 is 4.74 Å². The summed E-state index contributed by atoms with van der Waals surface area (Å²) in [5.74, 6) is -4.24. The lowest BCUT2D eigenvalue weighted by atomic mass is 9.71. The quantitative estimate of drug-likeness (QED) is 0.890. The van der Waals surface area contributed by atoms with Crippen LogP contribution in [0.15, 0.2) is 6.20 Å². The third-order valence-corrected chi connectivity index (χ3v) is 5.87. The van der Waals surface area contributed by atoms with Gasteiger partial charge in [-0.1, -0.05) is 6.92 Å². The average Bonchev–Trinajstić information content (AvgIpc) is 2.54. The summed E-state index contributed by atoms with van der Waals surface area (Å²) in [7, 11) is 0. The fraction of sp³-hybridized carbons (Fsp3) is 0.722. The number of hydrogen-bond donors (Lipinski definition) is 1. The molecular formula is C18H23F2N3O2. The highest BCUT2D eigenvalue weighted by Gasteiger charge is 2.55. The van der Waals surface area contributed by atoms with Crippen LogP contribution in [0.1, 0.15) is 37.4 Å². The summed E-state index contributed by atoms with van der Waals surface area (Å²) in [5, 5.41) is 2.74. The molecule has 136 valence electrons. The summed E-state index contributed by atoms with van der Waals surface area (Å²) in [5.41, 5.74) is 2.13. The molecular weight excluding hydrogens is 328 g/mol. The van der Waals surface area contributed by atoms with Crippen LogP contribution in [-0.2, 0) is 22.4 Å². The number of aryl methyl sites for hydroxylation is 1. The molecule has 1 saturated heterocycles. The Kier molecular flexibility index (Phi) is 4.22. The summed E-state index contributed by atoms with van der Waals surface area (Å²) in [6, 6.07) is 0. The molecule has 1 aliphatic heterocycles. The molecule has 1 aromatic heterocycles. The van der Waals surface area contributed by atoms with Crippen molar-refractivity contribution in [1.29, 1.82) is 0 Å². The van der Waals surface area contributed by atoms with Crippen LogP contribution in [0.5, 0.6) is 0 Å². The Morgan fingerprint density at radius 3 is 2.76 bits per heavy atom. The predicted molar refractivity (Wildman–Crippen MR) is 87.3 cm³/mol. The lowest BCUT2D eigenvalue weighted by Gasteiger charge is -2.44. The van der Waals surface area contributed by atoms with Crippen LogP contribution in [0.25, 0.3) is 0 Å². The maximum absolute atomic E-state index is 14.2. The van der Waals surface area contributed by atoms with E-state index in [1.807, 2.05) is 0 Å². The van der Waals surface area contributed by atoms with E-state index in [-0.39, 0.29) is 37.9 Å². The van der Waals surface area contributed by atoms with Crippen LogP contribution in [0.2, 0.25) is 0 Å². The van der Waals surface area contributed by atoms with Crippen LogP contribution >= 0.6 is 0 Å². The zero-order valence-electron chi connectivity index (χ0n) is 14.3. The molecule has 3 unspecified atom stereocenters. The highest BCUT2D eigenvalue weighted by Crippen LogP contribution is 2.48. The topological polar surface area (TPSA) is 64.1 Å². The van der Waals surface area contributed by atoms with Gasteiger partial charge >= 0.3 is 0 Å². The number of aromatic nitrogens is 2. The Hall–Kier alpha value is -1.63. The number of carbonyl (C=O) groups excluding carboxylic acids is 1. The van der Waals surface area contributed by atoms with E-state index in [1.54, 1.807) is 6.20 Å². The fourth-order valence-corrected chi connectivity index (χ4v) is 4.32. The number of ether oxygens (including phenoxy) is 1. The second-order valence-electron chi connectivity index (χ2n) is 7.78. The minimum absolute atomic E-state index is 0.0286. The third-order valence-electron chi connectivity index (χ3n) is 5.87. The molecule has 1 aromatic rings. The average molecular weight is 351 g/mol. The summed E-state index contributed by atoms with van der Waals surface area (Å²) in [4.78, 5) is 21.3. The monoisotopic (exact) mass is 351 g/mol. The summed E-state index contributed by atoms with van der Waals surface area (Å²) in [6.45, 7) is 2.26. The molecule has 2 heterocycles. The Morgan fingerprint density at radius 1 is 1.32 bits per heavy atom. The van der Waals surface area contributed by atoms with Crippen LogP contribution in [0, 0.1) is 23.7 Å². The smallest absolute Gasteiger partial charge is 0.258 e. The number of nitrogens with one attached hydrogen (secondary N) is 1. The second kappa shape index (κ2) is 6.27. The van der Waals surface area contributed by atoms with Crippen molar-refractivity contribution in [3.63, 3.8) is 0 Å². The van der Waals surface area contributed by atoms with E-state index in [0.29, 0.717) is 5.92 Å². The van der Waals surface area contributed by atoms with Crippen molar-refractivity contribution in [3.8, 4) is 0 Å². The van der Waals surface area contributed by atoms with Gasteiger partial charge in [0.25, 0.3) is 5.92 Å². The van der Waals surface area contributed by atoms with Crippen molar-refractivity contribution in [2.45, 2.75) is 45.0 Å². The van der Waals surface area contributed by atoms with Crippen LogP contribution in [0.3, 0.4) is 0 Å². The number of halogens is 2. The van der Waals surface area contributed by atoms with Crippen LogP contribution < -0.4 is 5.32 Å². The zero-order valence-corrected chi connectivity index (χ0v) is 14.3. The molecule has 7 heteroatoms. The third kappa shape index (κ3) is 3.14. The normalized spacial score (nSPS) is 33.4. The molecule has 3 atom stereocenters. The number of anilines is 1. The maximum atomic E-state index is 14.2. The zero-order chi connectivity index (χ0) is 17.6. The molecule has 1 N–H and O–H groups in total. The van der Waals surface area contributed by atoms with Gasteiger partial charge in [-0.25, -0.2) is 18.7 Å². The molecule has 0 radical (unpaired) electrons. The van der Waals surface area contributed by atoms with Gasteiger partial charge in [0.2, 0.25) is 11.9 Å². The molecule has 0 spiro atoms. The van der Waals surface area contributed by atoms with Gasteiger partial charge in [-0.2, -0.15) is 0 Å². The maximum Gasteiger partial charge on any atom is 0.258 e. The van der Waals surface area contributed by atoms with E-state index in [2.05, 4.69) is 22.2 Å². The summed E-state index contributed by atoms with van der Waals surface area (Å²) in [6.07, 6.45) is 5.02. The van der Waals surface area contributed by atoms with Gasteiger partial charge in [0.1, 0.15) is 0 Å². The van der Waals surface area contributed by atoms with Gasteiger partial charge in [-0.05, 0) is 43.6 Å². The predicted octanol–water partition coefficient (Wildman–Crippen LogP) is 2.85. The van der Waals surface area contributed by atoms with E-state index in [0.717, 1.165) is 30.5 Å². The highest BCUT2D eigenvalue weighted by molar-refractivity contribution is 5.91. The van der Waals surface area contributed by atoms with Gasteiger partial charge in [0.05, 0.1) is 13.2 Å². The Labute approximate surface area is 145 Å². The minimum atomic E-state index is -2.73. The largest absolute Gasteiger partial charge is 0.380 e. The molecule has 3 aliphatic rings. The standard InChI is InChI=1S/C18H23F2N3O2/c1-10-2-3-15-12(4-10)7-21-17(22-15)23-16(24)11-5-13-8-25-9-14(6-11)18(13,19)20/h7,10-11,13-14H,2-6,8-9H2,1H3,(H,21,22,23,24). The number of hydrogen-bond acceptors (Lipinski definition) is 4. The lowest BCUT2D eigenvalue weighted by molar-refractivity contribution is -0.212. The first kappa shape index (κ1) is 16.8. The first-order valence-electron chi connectivity index (χ1n) is 9.04. The van der Waals surface area contributed by atoms with E-state index in [4.69, 9.17) is 4.74 Å². The number of carbonyl (C=O) groups is 1. The van der Waals surface area contributed by atoms with Crippen molar-refractivity contribution >= 4 is 11.9 Å².